The Morgan fingerprint density at radius 3 is 2.93 bits per heavy atom. The average molecular weight is 206 g/mol. The first-order valence-corrected chi connectivity index (χ1v) is 4.99. The van der Waals surface area contributed by atoms with Gasteiger partial charge in [-0.1, -0.05) is 0 Å². The van der Waals surface area contributed by atoms with Crippen molar-refractivity contribution in [1.29, 1.82) is 0 Å². The van der Waals surface area contributed by atoms with Crippen LogP contribution in [0, 0.1) is 6.92 Å². The summed E-state index contributed by atoms with van der Waals surface area (Å²) in [6.07, 6.45) is 3.19. The number of nitrogens with zero attached hydrogens (tertiary/aromatic N) is 3. The molecule has 1 atom stereocenters. The first-order valence-electron chi connectivity index (χ1n) is 4.22. The van der Waals surface area contributed by atoms with E-state index >= 15 is 0 Å². The van der Waals surface area contributed by atoms with Crippen LogP contribution in [0.25, 0.3) is 0 Å². The van der Waals surface area contributed by atoms with Crippen LogP contribution in [0.5, 0.6) is 0 Å². The Hall–Kier alpha value is -1.33. The Bertz CT molecular complexity index is 412. The Labute approximate surface area is 86.0 Å². The Balaban J connectivity index is 2.29. The zero-order valence-electron chi connectivity index (χ0n) is 7.71. The molecule has 4 nitrogen and oxygen atoms in total. The molecule has 0 saturated carbocycles. The molecule has 0 aromatic carbocycles. The standard InChI is InChI=1S/C9H10N4S/c1-6-4-8(14-13-6)9(10)7-2-3-11-5-12-7/h2-5,9H,10H2,1H3. The number of nitrogens with two attached hydrogens (primary N) is 1. The molecule has 2 N–H and O–H groups in total. The van der Waals surface area contributed by atoms with E-state index in [1.54, 1.807) is 6.20 Å². The quantitative estimate of drug-likeness (QED) is 0.804. The third kappa shape index (κ3) is 1.78. The number of aryl methyl sites for hydroxylation is 1. The summed E-state index contributed by atoms with van der Waals surface area (Å²) in [5.74, 6) is 0. The largest absolute Gasteiger partial charge is 0.318 e. The molecule has 5 heteroatoms. The predicted molar refractivity (Wildman–Crippen MR) is 54.9 cm³/mol. The van der Waals surface area contributed by atoms with Gasteiger partial charge in [-0.05, 0) is 30.6 Å². The molecular formula is C9H10N4S. The number of hydrogen-bond donors (Lipinski definition) is 1. The number of rotatable bonds is 2. The minimum absolute atomic E-state index is 0.191. The van der Waals surface area contributed by atoms with Gasteiger partial charge in [0.15, 0.2) is 0 Å². The molecule has 0 aliphatic heterocycles. The van der Waals surface area contributed by atoms with Gasteiger partial charge in [-0.2, -0.15) is 4.37 Å². The molecule has 0 aliphatic rings. The smallest absolute Gasteiger partial charge is 0.115 e. The zero-order valence-corrected chi connectivity index (χ0v) is 8.53. The van der Waals surface area contributed by atoms with E-state index in [1.807, 2.05) is 19.1 Å². The Morgan fingerprint density at radius 1 is 1.50 bits per heavy atom. The van der Waals surface area contributed by atoms with E-state index in [4.69, 9.17) is 5.73 Å². The van der Waals surface area contributed by atoms with Crippen LogP contribution in [0.4, 0.5) is 0 Å². The highest BCUT2D eigenvalue weighted by molar-refractivity contribution is 7.05. The molecule has 0 fully saturated rings. The summed E-state index contributed by atoms with van der Waals surface area (Å²) in [4.78, 5) is 8.98. The lowest BCUT2D eigenvalue weighted by Crippen LogP contribution is -2.11. The third-order valence-electron chi connectivity index (χ3n) is 1.88. The highest BCUT2D eigenvalue weighted by Crippen LogP contribution is 2.21. The molecule has 0 aliphatic carbocycles. The van der Waals surface area contributed by atoms with Crippen molar-refractivity contribution in [1.82, 2.24) is 14.3 Å². The van der Waals surface area contributed by atoms with Gasteiger partial charge < -0.3 is 5.73 Å². The van der Waals surface area contributed by atoms with Crippen LogP contribution in [0.2, 0.25) is 0 Å². The van der Waals surface area contributed by atoms with E-state index in [-0.39, 0.29) is 6.04 Å². The molecule has 2 heterocycles. The minimum atomic E-state index is -0.191. The van der Waals surface area contributed by atoms with Gasteiger partial charge in [-0.15, -0.1) is 0 Å². The van der Waals surface area contributed by atoms with Crippen LogP contribution < -0.4 is 5.73 Å². The molecule has 72 valence electrons. The lowest BCUT2D eigenvalue weighted by atomic mass is 10.2. The first kappa shape index (κ1) is 9.23. The van der Waals surface area contributed by atoms with Crippen molar-refractivity contribution in [2.75, 3.05) is 0 Å². The molecule has 2 aromatic rings. The van der Waals surface area contributed by atoms with Crippen molar-refractivity contribution < 1.29 is 0 Å². The SMILES string of the molecule is Cc1cc(C(N)c2ccncn2)sn1. The summed E-state index contributed by atoms with van der Waals surface area (Å²) >= 11 is 1.42. The fourth-order valence-corrected chi connectivity index (χ4v) is 1.92. The van der Waals surface area contributed by atoms with Crippen LogP contribution >= 0.6 is 11.5 Å². The fourth-order valence-electron chi connectivity index (χ4n) is 1.16. The second-order valence-corrected chi connectivity index (χ2v) is 3.82. The average Bonchev–Trinajstić information content (AvgIpc) is 2.65. The molecular weight excluding hydrogens is 196 g/mol. The molecule has 0 spiro atoms. The van der Waals surface area contributed by atoms with Gasteiger partial charge in [-0.3, -0.25) is 0 Å². The summed E-state index contributed by atoms with van der Waals surface area (Å²) in [6.45, 7) is 1.95. The maximum Gasteiger partial charge on any atom is 0.115 e. The van der Waals surface area contributed by atoms with Gasteiger partial charge in [0, 0.05) is 11.1 Å². The van der Waals surface area contributed by atoms with Gasteiger partial charge in [0.05, 0.1) is 17.4 Å². The molecule has 2 aromatic heterocycles. The van der Waals surface area contributed by atoms with Gasteiger partial charge in [0.1, 0.15) is 6.33 Å². The minimum Gasteiger partial charge on any atom is -0.318 e. The lowest BCUT2D eigenvalue weighted by molar-refractivity contribution is 0.836. The van der Waals surface area contributed by atoms with Crippen LogP contribution in [0.1, 0.15) is 22.3 Å². The summed E-state index contributed by atoms with van der Waals surface area (Å²) < 4.78 is 4.18. The van der Waals surface area contributed by atoms with Gasteiger partial charge >= 0.3 is 0 Å². The van der Waals surface area contributed by atoms with Gasteiger partial charge in [0.25, 0.3) is 0 Å². The van der Waals surface area contributed by atoms with E-state index in [1.165, 1.54) is 17.9 Å². The van der Waals surface area contributed by atoms with Crippen molar-refractivity contribution in [2.45, 2.75) is 13.0 Å². The zero-order chi connectivity index (χ0) is 9.97. The van der Waals surface area contributed by atoms with Crippen molar-refractivity contribution >= 4 is 11.5 Å². The van der Waals surface area contributed by atoms with Crippen LogP contribution in [0.15, 0.2) is 24.7 Å². The molecule has 0 radical (unpaired) electrons. The van der Waals surface area contributed by atoms with Crippen LogP contribution in [-0.4, -0.2) is 14.3 Å². The van der Waals surface area contributed by atoms with Crippen molar-refractivity contribution in [3.05, 3.63) is 40.9 Å². The third-order valence-corrected chi connectivity index (χ3v) is 2.84. The maximum atomic E-state index is 6.01. The van der Waals surface area contributed by atoms with E-state index in [0.717, 1.165) is 16.3 Å². The predicted octanol–water partition coefficient (Wildman–Crippen LogP) is 1.29. The topological polar surface area (TPSA) is 64.7 Å². The van der Waals surface area contributed by atoms with Crippen LogP contribution in [-0.2, 0) is 0 Å². The monoisotopic (exact) mass is 206 g/mol. The van der Waals surface area contributed by atoms with E-state index in [2.05, 4.69) is 14.3 Å². The Kier molecular flexibility index (Phi) is 2.51. The summed E-state index contributed by atoms with van der Waals surface area (Å²) in [5, 5.41) is 0. The lowest BCUT2D eigenvalue weighted by Gasteiger charge is -2.06. The normalized spacial score (nSPS) is 12.7. The molecule has 1 unspecified atom stereocenters. The Morgan fingerprint density at radius 2 is 2.36 bits per heavy atom. The first-order chi connectivity index (χ1) is 6.77. The molecule has 0 amide bonds. The van der Waals surface area contributed by atoms with Crippen molar-refractivity contribution in [3.8, 4) is 0 Å². The van der Waals surface area contributed by atoms with E-state index < -0.39 is 0 Å². The van der Waals surface area contributed by atoms with Gasteiger partial charge in [0.2, 0.25) is 0 Å². The summed E-state index contributed by atoms with van der Waals surface area (Å²) in [7, 11) is 0. The fraction of sp³-hybridized carbons (Fsp3) is 0.222. The van der Waals surface area contributed by atoms with E-state index in [9.17, 15) is 0 Å². The highest BCUT2D eigenvalue weighted by Gasteiger charge is 2.12. The maximum absolute atomic E-state index is 6.01. The molecule has 14 heavy (non-hydrogen) atoms. The van der Waals surface area contributed by atoms with Crippen molar-refractivity contribution in [3.63, 3.8) is 0 Å². The second-order valence-electron chi connectivity index (χ2n) is 2.98. The van der Waals surface area contributed by atoms with Gasteiger partial charge in [-0.25, -0.2) is 9.97 Å². The molecule has 0 bridgehead atoms. The molecule has 2 rings (SSSR count). The summed E-state index contributed by atoms with van der Waals surface area (Å²) in [6, 6.07) is 3.61. The number of hydrogen-bond acceptors (Lipinski definition) is 5. The summed E-state index contributed by atoms with van der Waals surface area (Å²) in [5.41, 5.74) is 7.83. The second kappa shape index (κ2) is 3.81. The number of aromatic nitrogens is 3. The molecule has 0 saturated heterocycles. The van der Waals surface area contributed by atoms with Crippen molar-refractivity contribution in [2.24, 2.45) is 5.73 Å². The van der Waals surface area contributed by atoms with Crippen LogP contribution in [0.3, 0.4) is 0 Å². The van der Waals surface area contributed by atoms with E-state index in [0.29, 0.717) is 0 Å². The highest BCUT2D eigenvalue weighted by atomic mass is 32.1.